The minimum Gasteiger partial charge on any atom is -0.480 e. The fourth-order valence-electron chi connectivity index (χ4n) is 1.89. The quantitative estimate of drug-likeness (QED) is 0.672. The van der Waals surface area contributed by atoms with E-state index in [-0.39, 0.29) is 6.04 Å². The summed E-state index contributed by atoms with van der Waals surface area (Å²) in [5, 5.41) is 17.2. The average Bonchev–Trinajstić information content (AvgIpc) is 2.60. The third kappa shape index (κ3) is 3.00. The van der Waals surface area contributed by atoms with Gasteiger partial charge in [-0.3, -0.25) is 9.69 Å². The topological polar surface area (TPSA) is 64.3 Å². The number of aliphatic carboxylic acids is 1. The van der Waals surface area contributed by atoms with E-state index in [0.29, 0.717) is 6.42 Å². The van der Waals surface area contributed by atoms with Crippen molar-refractivity contribution in [1.29, 1.82) is 5.26 Å². The number of likely N-dealkylation sites (tertiary alicyclic amines) is 1. The minimum atomic E-state index is -0.706. The van der Waals surface area contributed by atoms with E-state index in [9.17, 15) is 4.79 Å². The molecule has 14 heavy (non-hydrogen) atoms. The number of unbranched alkanes of at least 4 members (excludes halogenated alkanes) is 2. The Labute approximate surface area is 84.1 Å². The lowest BCUT2D eigenvalue weighted by molar-refractivity contribution is -0.142. The lowest BCUT2D eigenvalue weighted by atomic mass is 10.2. The largest absolute Gasteiger partial charge is 0.480 e. The van der Waals surface area contributed by atoms with Crippen LogP contribution in [0.3, 0.4) is 0 Å². The highest BCUT2D eigenvalue weighted by Gasteiger charge is 2.29. The molecule has 78 valence electrons. The summed E-state index contributed by atoms with van der Waals surface area (Å²) in [6.45, 7) is 1.71. The van der Waals surface area contributed by atoms with Crippen LogP contribution in [0.25, 0.3) is 0 Å². The van der Waals surface area contributed by atoms with Crippen molar-refractivity contribution in [3.63, 3.8) is 0 Å². The van der Waals surface area contributed by atoms with Gasteiger partial charge in [-0.15, -0.1) is 0 Å². The maximum Gasteiger partial charge on any atom is 0.320 e. The standard InChI is InChI=1S/C10H16N2O2/c11-6-2-1-3-7-12-8-4-5-9(12)10(13)14/h9H,1-5,7-8H2,(H,13,14). The number of carbonyl (C=O) groups is 1. The molecule has 1 N–H and O–H groups in total. The summed E-state index contributed by atoms with van der Waals surface area (Å²) in [6.07, 6.45) is 4.13. The highest BCUT2D eigenvalue weighted by molar-refractivity contribution is 5.73. The number of hydrogen-bond acceptors (Lipinski definition) is 3. The number of nitrogens with zero attached hydrogens (tertiary/aromatic N) is 2. The molecule has 1 saturated heterocycles. The van der Waals surface area contributed by atoms with Crippen LogP contribution in [0.4, 0.5) is 0 Å². The first kappa shape index (κ1) is 11.0. The van der Waals surface area contributed by atoms with E-state index in [1.807, 2.05) is 4.90 Å². The molecule has 0 aromatic carbocycles. The number of carboxylic acids is 1. The van der Waals surface area contributed by atoms with Crippen LogP contribution in [-0.4, -0.2) is 35.1 Å². The van der Waals surface area contributed by atoms with Crippen LogP contribution in [0.15, 0.2) is 0 Å². The monoisotopic (exact) mass is 196 g/mol. The van der Waals surface area contributed by atoms with Crippen molar-refractivity contribution in [2.24, 2.45) is 0 Å². The van der Waals surface area contributed by atoms with Gasteiger partial charge in [-0.05, 0) is 38.8 Å². The van der Waals surface area contributed by atoms with Gasteiger partial charge < -0.3 is 5.11 Å². The molecule has 1 rings (SSSR count). The normalized spacial score (nSPS) is 22.1. The third-order valence-electron chi connectivity index (χ3n) is 2.63. The zero-order valence-electron chi connectivity index (χ0n) is 8.28. The molecule has 4 heteroatoms. The average molecular weight is 196 g/mol. The molecule has 1 aliphatic heterocycles. The summed E-state index contributed by atoms with van der Waals surface area (Å²) in [6, 6.07) is 1.81. The molecule has 1 fully saturated rings. The van der Waals surface area contributed by atoms with Crippen molar-refractivity contribution in [2.75, 3.05) is 13.1 Å². The Hall–Kier alpha value is -1.08. The van der Waals surface area contributed by atoms with Crippen molar-refractivity contribution >= 4 is 5.97 Å². The maximum absolute atomic E-state index is 10.8. The van der Waals surface area contributed by atoms with Gasteiger partial charge in [0.1, 0.15) is 6.04 Å². The second kappa shape index (κ2) is 5.61. The van der Waals surface area contributed by atoms with Gasteiger partial charge in [0.25, 0.3) is 0 Å². The van der Waals surface area contributed by atoms with E-state index in [0.717, 1.165) is 38.8 Å². The molecule has 1 unspecified atom stereocenters. The van der Waals surface area contributed by atoms with Crippen molar-refractivity contribution in [3.8, 4) is 6.07 Å². The Morgan fingerprint density at radius 1 is 1.57 bits per heavy atom. The van der Waals surface area contributed by atoms with Crippen LogP contribution in [0.2, 0.25) is 0 Å². The van der Waals surface area contributed by atoms with Crippen molar-refractivity contribution in [2.45, 2.75) is 38.1 Å². The van der Waals surface area contributed by atoms with Gasteiger partial charge in [0.2, 0.25) is 0 Å². The van der Waals surface area contributed by atoms with E-state index >= 15 is 0 Å². The van der Waals surface area contributed by atoms with Crippen LogP contribution in [0.1, 0.15) is 32.1 Å². The van der Waals surface area contributed by atoms with E-state index in [2.05, 4.69) is 6.07 Å². The molecule has 0 aromatic heterocycles. The molecule has 0 aliphatic carbocycles. The minimum absolute atomic E-state index is 0.280. The Kier molecular flexibility index (Phi) is 4.41. The van der Waals surface area contributed by atoms with E-state index in [1.165, 1.54) is 0 Å². The van der Waals surface area contributed by atoms with Gasteiger partial charge in [0, 0.05) is 6.42 Å². The summed E-state index contributed by atoms with van der Waals surface area (Å²) in [5.41, 5.74) is 0. The fraction of sp³-hybridized carbons (Fsp3) is 0.800. The Bertz CT molecular complexity index is 235. The Balaban J connectivity index is 2.23. The van der Waals surface area contributed by atoms with Gasteiger partial charge in [0.05, 0.1) is 6.07 Å². The molecule has 1 atom stereocenters. The van der Waals surface area contributed by atoms with Crippen molar-refractivity contribution in [1.82, 2.24) is 4.90 Å². The van der Waals surface area contributed by atoms with Gasteiger partial charge in [-0.1, -0.05) is 0 Å². The molecule has 0 aromatic rings. The Morgan fingerprint density at radius 3 is 3.00 bits per heavy atom. The molecule has 0 saturated carbocycles. The third-order valence-corrected chi connectivity index (χ3v) is 2.63. The summed E-state index contributed by atoms with van der Waals surface area (Å²) >= 11 is 0. The van der Waals surface area contributed by atoms with Crippen LogP contribution in [0, 0.1) is 11.3 Å². The van der Waals surface area contributed by atoms with E-state index in [4.69, 9.17) is 10.4 Å². The molecule has 0 spiro atoms. The van der Waals surface area contributed by atoms with Gasteiger partial charge in [-0.25, -0.2) is 0 Å². The maximum atomic E-state index is 10.8. The number of carboxylic acid groups (broad SMARTS) is 1. The van der Waals surface area contributed by atoms with Gasteiger partial charge in [0.15, 0.2) is 0 Å². The van der Waals surface area contributed by atoms with E-state index < -0.39 is 5.97 Å². The Morgan fingerprint density at radius 2 is 2.36 bits per heavy atom. The summed E-state index contributed by atoms with van der Waals surface area (Å²) < 4.78 is 0. The molecular weight excluding hydrogens is 180 g/mol. The summed E-state index contributed by atoms with van der Waals surface area (Å²) in [4.78, 5) is 12.8. The summed E-state index contributed by atoms with van der Waals surface area (Å²) in [7, 11) is 0. The zero-order valence-corrected chi connectivity index (χ0v) is 8.28. The molecule has 0 amide bonds. The lowest BCUT2D eigenvalue weighted by Crippen LogP contribution is -2.36. The molecule has 4 nitrogen and oxygen atoms in total. The number of hydrogen-bond donors (Lipinski definition) is 1. The number of nitriles is 1. The van der Waals surface area contributed by atoms with Gasteiger partial charge >= 0.3 is 5.97 Å². The highest BCUT2D eigenvalue weighted by atomic mass is 16.4. The lowest BCUT2D eigenvalue weighted by Gasteiger charge is -2.20. The molecule has 0 bridgehead atoms. The predicted molar refractivity (Wildman–Crippen MR) is 51.7 cm³/mol. The van der Waals surface area contributed by atoms with Crippen LogP contribution >= 0.6 is 0 Å². The molecule has 1 heterocycles. The van der Waals surface area contributed by atoms with Gasteiger partial charge in [-0.2, -0.15) is 5.26 Å². The SMILES string of the molecule is N#CCCCCN1CCCC1C(=O)O. The summed E-state index contributed by atoms with van der Waals surface area (Å²) in [5.74, 6) is -0.706. The smallest absolute Gasteiger partial charge is 0.320 e. The first-order chi connectivity index (χ1) is 6.75. The second-order valence-corrected chi connectivity index (χ2v) is 3.65. The van der Waals surface area contributed by atoms with E-state index in [1.54, 1.807) is 0 Å². The first-order valence-corrected chi connectivity index (χ1v) is 5.09. The second-order valence-electron chi connectivity index (χ2n) is 3.65. The highest BCUT2D eigenvalue weighted by Crippen LogP contribution is 2.17. The molecular formula is C10H16N2O2. The first-order valence-electron chi connectivity index (χ1n) is 5.09. The fourth-order valence-corrected chi connectivity index (χ4v) is 1.89. The molecule has 1 aliphatic rings. The van der Waals surface area contributed by atoms with Crippen LogP contribution < -0.4 is 0 Å². The van der Waals surface area contributed by atoms with Crippen molar-refractivity contribution < 1.29 is 9.90 Å². The van der Waals surface area contributed by atoms with Crippen molar-refractivity contribution in [3.05, 3.63) is 0 Å². The number of rotatable bonds is 5. The molecule has 0 radical (unpaired) electrons. The zero-order chi connectivity index (χ0) is 10.4. The van der Waals surface area contributed by atoms with Crippen LogP contribution in [-0.2, 0) is 4.79 Å². The van der Waals surface area contributed by atoms with Crippen LogP contribution in [0.5, 0.6) is 0 Å². The predicted octanol–water partition coefficient (Wildman–Crippen LogP) is 1.23.